The molecule has 3 aromatic rings. The lowest BCUT2D eigenvalue weighted by molar-refractivity contribution is -0.118. The average molecular weight is 417 g/mol. The number of aryl methyl sites for hydroxylation is 1. The van der Waals surface area contributed by atoms with E-state index in [1.807, 2.05) is 31.2 Å². The van der Waals surface area contributed by atoms with E-state index in [1.165, 1.54) is 23.9 Å². The highest BCUT2D eigenvalue weighted by Crippen LogP contribution is 2.23. The number of halogens is 1. The van der Waals surface area contributed by atoms with Crippen LogP contribution in [0.2, 0.25) is 0 Å². The van der Waals surface area contributed by atoms with Gasteiger partial charge in [-0.1, -0.05) is 52.9 Å². The summed E-state index contributed by atoms with van der Waals surface area (Å²) in [6.45, 7) is 2.29. The van der Waals surface area contributed by atoms with Gasteiger partial charge in [-0.25, -0.2) is 4.39 Å². The maximum Gasteiger partial charge on any atom is 0.286 e. The van der Waals surface area contributed by atoms with Crippen LogP contribution in [0.1, 0.15) is 20.9 Å². The molecule has 6 nitrogen and oxygen atoms in total. The summed E-state index contributed by atoms with van der Waals surface area (Å²) in [4.78, 5) is 24.2. The van der Waals surface area contributed by atoms with Gasteiger partial charge < -0.3 is 10.6 Å². The van der Waals surface area contributed by atoms with Gasteiger partial charge in [-0.3, -0.25) is 9.59 Å². The minimum atomic E-state index is -0.339. The molecule has 0 unspecified atom stereocenters. The second-order valence-corrected chi connectivity index (χ2v) is 8.09. The van der Waals surface area contributed by atoms with Crippen molar-refractivity contribution in [3.63, 3.8) is 0 Å². The Morgan fingerprint density at radius 2 is 1.79 bits per heavy atom. The van der Waals surface area contributed by atoms with Crippen molar-refractivity contribution < 1.29 is 14.0 Å². The molecule has 2 N–H and O–H groups in total. The summed E-state index contributed by atoms with van der Waals surface area (Å²) in [5, 5.41) is 13.6. The number of benzene rings is 2. The number of aromatic nitrogens is 2. The predicted molar refractivity (Wildman–Crippen MR) is 108 cm³/mol. The van der Waals surface area contributed by atoms with Crippen LogP contribution < -0.4 is 10.6 Å². The Kier molecular flexibility index (Phi) is 6.72. The number of rotatable bonds is 7. The van der Waals surface area contributed by atoms with Gasteiger partial charge in [-0.05, 0) is 36.8 Å². The summed E-state index contributed by atoms with van der Waals surface area (Å²) in [5.41, 5.74) is 2.59. The molecular formula is C19H17FN4O2S2. The molecule has 9 heteroatoms. The Bertz CT molecular complexity index is 959. The van der Waals surface area contributed by atoms with E-state index in [0.29, 0.717) is 16.6 Å². The van der Waals surface area contributed by atoms with Crippen LogP contribution in [0.5, 0.6) is 0 Å². The molecule has 1 heterocycles. The Labute approximate surface area is 169 Å². The number of nitrogens with zero attached hydrogens (tertiary/aromatic N) is 2. The Morgan fingerprint density at radius 1 is 1.07 bits per heavy atom. The van der Waals surface area contributed by atoms with Crippen molar-refractivity contribution in [2.75, 3.05) is 11.1 Å². The molecule has 0 atom stereocenters. The normalized spacial score (nSPS) is 10.5. The van der Waals surface area contributed by atoms with E-state index in [4.69, 9.17) is 0 Å². The molecule has 0 aliphatic rings. The van der Waals surface area contributed by atoms with Crippen LogP contribution in [-0.4, -0.2) is 27.8 Å². The van der Waals surface area contributed by atoms with Crippen molar-refractivity contribution in [1.82, 2.24) is 15.5 Å². The number of nitrogens with one attached hydrogen (secondary N) is 2. The molecule has 0 saturated carbocycles. The van der Waals surface area contributed by atoms with Crippen LogP contribution in [0.25, 0.3) is 0 Å². The number of carbonyl (C=O) groups is 2. The van der Waals surface area contributed by atoms with Crippen LogP contribution in [0.4, 0.5) is 10.1 Å². The molecule has 3 rings (SSSR count). The van der Waals surface area contributed by atoms with Crippen LogP contribution in [-0.2, 0) is 11.3 Å². The minimum Gasteiger partial charge on any atom is -0.351 e. The predicted octanol–water partition coefficient (Wildman–Crippen LogP) is 3.65. The Balaban J connectivity index is 1.45. The van der Waals surface area contributed by atoms with Gasteiger partial charge in [0.2, 0.25) is 10.9 Å². The first kappa shape index (κ1) is 20.0. The molecule has 0 aliphatic heterocycles. The zero-order valence-corrected chi connectivity index (χ0v) is 16.6. The van der Waals surface area contributed by atoms with Crippen molar-refractivity contribution in [3.05, 3.63) is 70.5 Å². The van der Waals surface area contributed by atoms with E-state index >= 15 is 0 Å². The van der Waals surface area contributed by atoms with Crippen molar-refractivity contribution in [3.8, 4) is 0 Å². The first-order chi connectivity index (χ1) is 13.5. The van der Waals surface area contributed by atoms with Crippen LogP contribution in [0.15, 0.2) is 52.9 Å². The summed E-state index contributed by atoms with van der Waals surface area (Å²) in [6.07, 6.45) is 0. The summed E-state index contributed by atoms with van der Waals surface area (Å²) >= 11 is 2.33. The largest absolute Gasteiger partial charge is 0.351 e. The third-order valence-electron chi connectivity index (χ3n) is 3.64. The van der Waals surface area contributed by atoms with Crippen LogP contribution in [0, 0.1) is 12.7 Å². The molecule has 0 aliphatic carbocycles. The van der Waals surface area contributed by atoms with Gasteiger partial charge in [-0.15, -0.1) is 10.2 Å². The molecule has 0 saturated heterocycles. The van der Waals surface area contributed by atoms with Crippen LogP contribution >= 0.6 is 23.1 Å². The van der Waals surface area contributed by atoms with E-state index in [2.05, 4.69) is 20.8 Å². The number of hydrogen-bond acceptors (Lipinski definition) is 6. The average Bonchev–Trinajstić information content (AvgIpc) is 3.17. The second-order valence-electron chi connectivity index (χ2n) is 5.89. The monoisotopic (exact) mass is 416 g/mol. The van der Waals surface area contributed by atoms with Gasteiger partial charge >= 0.3 is 0 Å². The zero-order valence-electron chi connectivity index (χ0n) is 14.9. The second kappa shape index (κ2) is 9.43. The third kappa shape index (κ3) is 5.86. The standard InChI is InChI=1S/C19H17FN4O2S2/c1-12-2-8-15(9-3-12)22-17(26)18-23-24-19(28-18)27-11-16(25)21-10-13-4-6-14(20)7-5-13/h2-9H,10-11H2,1H3,(H,21,25)(H,22,26). The van der Waals surface area contributed by atoms with E-state index < -0.39 is 0 Å². The summed E-state index contributed by atoms with van der Waals surface area (Å²) in [6, 6.07) is 13.4. The zero-order chi connectivity index (χ0) is 19.9. The first-order valence-corrected chi connectivity index (χ1v) is 10.2. The summed E-state index contributed by atoms with van der Waals surface area (Å²) in [5.74, 6) is -0.691. The van der Waals surface area contributed by atoms with Crippen molar-refractivity contribution >= 4 is 40.6 Å². The van der Waals surface area contributed by atoms with Crippen LogP contribution in [0.3, 0.4) is 0 Å². The summed E-state index contributed by atoms with van der Waals surface area (Å²) < 4.78 is 13.4. The van der Waals surface area contributed by atoms with E-state index in [0.717, 1.165) is 22.5 Å². The minimum absolute atomic E-state index is 0.148. The van der Waals surface area contributed by atoms with Gasteiger partial charge in [0.15, 0.2) is 4.34 Å². The highest BCUT2D eigenvalue weighted by molar-refractivity contribution is 8.01. The molecule has 0 bridgehead atoms. The molecular weight excluding hydrogens is 399 g/mol. The lowest BCUT2D eigenvalue weighted by atomic mass is 10.2. The highest BCUT2D eigenvalue weighted by atomic mass is 32.2. The van der Waals surface area contributed by atoms with Gasteiger partial charge in [0.25, 0.3) is 5.91 Å². The highest BCUT2D eigenvalue weighted by Gasteiger charge is 2.14. The first-order valence-electron chi connectivity index (χ1n) is 8.35. The number of amides is 2. The van der Waals surface area contributed by atoms with Crippen molar-refractivity contribution in [1.29, 1.82) is 0 Å². The lowest BCUT2D eigenvalue weighted by Crippen LogP contribution is -2.24. The molecule has 2 amide bonds. The Hall–Kier alpha value is -2.78. The van der Waals surface area contributed by atoms with Gasteiger partial charge in [0, 0.05) is 12.2 Å². The smallest absolute Gasteiger partial charge is 0.286 e. The maximum atomic E-state index is 12.9. The van der Waals surface area contributed by atoms with Gasteiger partial charge in [-0.2, -0.15) is 0 Å². The van der Waals surface area contributed by atoms with Crippen molar-refractivity contribution in [2.45, 2.75) is 17.8 Å². The summed E-state index contributed by atoms with van der Waals surface area (Å²) in [7, 11) is 0. The fourth-order valence-corrected chi connectivity index (χ4v) is 3.74. The Morgan fingerprint density at radius 3 is 2.50 bits per heavy atom. The molecule has 2 aromatic carbocycles. The van der Waals surface area contributed by atoms with Gasteiger partial charge in [0.05, 0.1) is 5.75 Å². The number of thioether (sulfide) groups is 1. The van der Waals surface area contributed by atoms with E-state index in [-0.39, 0.29) is 28.4 Å². The topological polar surface area (TPSA) is 84.0 Å². The maximum absolute atomic E-state index is 12.9. The molecule has 0 fully saturated rings. The van der Waals surface area contributed by atoms with Gasteiger partial charge in [0.1, 0.15) is 5.82 Å². The fourth-order valence-electron chi connectivity index (χ4n) is 2.16. The lowest BCUT2D eigenvalue weighted by Gasteiger charge is -2.04. The number of anilines is 1. The quantitative estimate of drug-likeness (QED) is 0.575. The van der Waals surface area contributed by atoms with E-state index in [1.54, 1.807) is 12.1 Å². The molecule has 1 aromatic heterocycles. The molecule has 0 spiro atoms. The van der Waals surface area contributed by atoms with E-state index in [9.17, 15) is 14.0 Å². The fraction of sp³-hybridized carbons (Fsp3) is 0.158. The molecule has 28 heavy (non-hydrogen) atoms. The number of hydrogen-bond donors (Lipinski definition) is 2. The SMILES string of the molecule is Cc1ccc(NC(=O)c2nnc(SCC(=O)NCc3ccc(F)cc3)s2)cc1. The third-order valence-corrected chi connectivity index (χ3v) is 5.70. The number of carbonyl (C=O) groups excluding carboxylic acids is 2. The van der Waals surface area contributed by atoms with Crippen molar-refractivity contribution in [2.24, 2.45) is 0 Å². The molecule has 0 radical (unpaired) electrons. The molecule has 144 valence electrons.